The van der Waals surface area contributed by atoms with E-state index in [0.717, 1.165) is 10.4 Å². The molecule has 1 aromatic carbocycles. The van der Waals surface area contributed by atoms with E-state index in [1.165, 1.54) is 11.3 Å². The van der Waals surface area contributed by atoms with Gasteiger partial charge in [0.05, 0.1) is 12.8 Å². The Hall–Kier alpha value is -1.53. The fourth-order valence-corrected chi connectivity index (χ4v) is 2.44. The molecule has 0 aliphatic carbocycles. The first-order chi connectivity index (χ1) is 8.13. The molecule has 1 heterocycles. The smallest absolute Gasteiger partial charge is 0.345 e. The Morgan fingerprint density at radius 1 is 1.33 bits per heavy atom. The van der Waals surface area contributed by atoms with E-state index < -0.39 is 5.97 Å². The predicted octanol–water partition coefficient (Wildman–Crippen LogP) is 3.28. The second kappa shape index (κ2) is 5.88. The molecule has 0 unspecified atom stereocenters. The van der Waals surface area contributed by atoms with Crippen molar-refractivity contribution in [3.05, 3.63) is 35.2 Å². The first-order valence-electron chi connectivity index (χ1n) is 4.89. The number of anilines is 1. The number of halogens is 1. The second-order valence-electron chi connectivity index (χ2n) is 3.40. The molecule has 0 aliphatic rings. The highest BCUT2D eigenvalue weighted by molar-refractivity contribution is 8.93. The van der Waals surface area contributed by atoms with Crippen molar-refractivity contribution < 1.29 is 14.6 Å². The summed E-state index contributed by atoms with van der Waals surface area (Å²) >= 11 is 1.20. The molecule has 6 heteroatoms. The molecule has 2 aromatic rings. The van der Waals surface area contributed by atoms with Crippen LogP contribution in [0.25, 0.3) is 10.4 Å². The van der Waals surface area contributed by atoms with E-state index in [-0.39, 0.29) is 17.0 Å². The third-order valence-electron chi connectivity index (χ3n) is 2.33. The molecular weight excluding hydrogens is 318 g/mol. The Labute approximate surface area is 119 Å². The number of hydrogen-bond acceptors (Lipinski definition) is 4. The van der Waals surface area contributed by atoms with Gasteiger partial charge in [0.1, 0.15) is 10.6 Å². The van der Waals surface area contributed by atoms with Crippen LogP contribution in [0.4, 0.5) is 5.69 Å². The molecule has 0 radical (unpaired) electrons. The molecule has 2 rings (SSSR count). The van der Waals surface area contributed by atoms with Crippen molar-refractivity contribution >= 4 is 40.0 Å². The van der Waals surface area contributed by atoms with Crippen LogP contribution in [-0.4, -0.2) is 18.2 Å². The summed E-state index contributed by atoms with van der Waals surface area (Å²) in [5.74, 6) is -0.351. The maximum atomic E-state index is 10.8. The van der Waals surface area contributed by atoms with Crippen LogP contribution in [0.15, 0.2) is 30.3 Å². The van der Waals surface area contributed by atoms with Crippen LogP contribution < -0.4 is 10.5 Å². The van der Waals surface area contributed by atoms with Crippen LogP contribution >= 0.6 is 28.3 Å². The third kappa shape index (κ3) is 2.65. The number of rotatable bonds is 3. The third-order valence-corrected chi connectivity index (χ3v) is 3.44. The van der Waals surface area contributed by atoms with Crippen molar-refractivity contribution in [2.24, 2.45) is 0 Å². The van der Waals surface area contributed by atoms with Crippen LogP contribution in [-0.2, 0) is 0 Å². The number of para-hydroxylation sites is 1. The largest absolute Gasteiger partial charge is 0.494 e. The average Bonchev–Trinajstić information content (AvgIpc) is 2.77. The van der Waals surface area contributed by atoms with Gasteiger partial charge in [-0.15, -0.1) is 28.3 Å². The highest BCUT2D eigenvalue weighted by Gasteiger charge is 2.13. The number of nitrogen functional groups attached to an aromatic ring is 1. The molecule has 1 aromatic heterocycles. The van der Waals surface area contributed by atoms with Gasteiger partial charge in [-0.05, 0) is 24.3 Å². The van der Waals surface area contributed by atoms with Crippen molar-refractivity contribution in [1.29, 1.82) is 0 Å². The molecule has 96 valence electrons. The summed E-state index contributed by atoms with van der Waals surface area (Å²) in [5, 5.41) is 8.88. The van der Waals surface area contributed by atoms with Crippen molar-refractivity contribution in [3.63, 3.8) is 0 Å². The summed E-state index contributed by atoms with van der Waals surface area (Å²) in [6.45, 7) is 0. The zero-order chi connectivity index (χ0) is 12.4. The summed E-state index contributed by atoms with van der Waals surface area (Å²) in [7, 11) is 1.54. The standard InChI is InChI=1S/C12H11NO3S.BrH/c1-16-11-7(3-2-4-8(11)13)9-5-6-10(17-9)12(14)15;/h2-6H,13H2,1H3,(H,14,15);1H. The first kappa shape index (κ1) is 14.5. The van der Waals surface area contributed by atoms with E-state index in [1.807, 2.05) is 12.1 Å². The minimum Gasteiger partial charge on any atom is -0.494 e. The van der Waals surface area contributed by atoms with Gasteiger partial charge < -0.3 is 15.6 Å². The molecule has 3 N–H and O–H groups in total. The normalized spacial score (nSPS) is 9.61. The Balaban J connectivity index is 0.00000162. The summed E-state index contributed by atoms with van der Waals surface area (Å²) in [5.41, 5.74) is 7.15. The Kier molecular flexibility index (Phi) is 4.75. The zero-order valence-corrected chi connectivity index (χ0v) is 12.1. The molecule has 0 bridgehead atoms. The van der Waals surface area contributed by atoms with Gasteiger partial charge in [0.15, 0.2) is 0 Å². The van der Waals surface area contributed by atoms with Crippen molar-refractivity contribution in [1.82, 2.24) is 0 Å². The molecule has 4 nitrogen and oxygen atoms in total. The number of methoxy groups -OCH3 is 1. The van der Waals surface area contributed by atoms with E-state index in [9.17, 15) is 4.79 Å². The Morgan fingerprint density at radius 3 is 2.61 bits per heavy atom. The number of thiophene rings is 1. The number of carboxylic acid groups (broad SMARTS) is 1. The molecule has 0 saturated carbocycles. The van der Waals surface area contributed by atoms with Gasteiger partial charge in [0.25, 0.3) is 0 Å². The fraction of sp³-hybridized carbons (Fsp3) is 0.0833. The van der Waals surface area contributed by atoms with Crippen LogP contribution in [0.2, 0.25) is 0 Å². The maximum Gasteiger partial charge on any atom is 0.345 e. The summed E-state index contributed by atoms with van der Waals surface area (Å²) in [4.78, 5) is 11.9. The summed E-state index contributed by atoms with van der Waals surface area (Å²) < 4.78 is 5.23. The minimum absolute atomic E-state index is 0. The predicted molar refractivity (Wildman–Crippen MR) is 78.0 cm³/mol. The second-order valence-corrected chi connectivity index (χ2v) is 4.48. The lowest BCUT2D eigenvalue weighted by Crippen LogP contribution is -1.93. The quantitative estimate of drug-likeness (QED) is 0.847. The molecule has 0 aliphatic heterocycles. The lowest BCUT2D eigenvalue weighted by atomic mass is 10.1. The van der Waals surface area contributed by atoms with Gasteiger partial charge in [-0.2, -0.15) is 0 Å². The highest BCUT2D eigenvalue weighted by atomic mass is 79.9. The number of ether oxygens (including phenoxy) is 1. The average molecular weight is 330 g/mol. The summed E-state index contributed by atoms with van der Waals surface area (Å²) in [6.07, 6.45) is 0. The van der Waals surface area contributed by atoms with Gasteiger partial charge in [0, 0.05) is 10.4 Å². The molecule has 18 heavy (non-hydrogen) atoms. The van der Waals surface area contributed by atoms with Crippen molar-refractivity contribution in [3.8, 4) is 16.2 Å². The zero-order valence-electron chi connectivity index (χ0n) is 9.54. The van der Waals surface area contributed by atoms with Crippen LogP contribution in [0.3, 0.4) is 0 Å². The van der Waals surface area contributed by atoms with E-state index in [2.05, 4.69) is 0 Å². The van der Waals surface area contributed by atoms with Crippen LogP contribution in [0.5, 0.6) is 5.75 Å². The van der Waals surface area contributed by atoms with Crippen LogP contribution in [0, 0.1) is 0 Å². The van der Waals surface area contributed by atoms with Gasteiger partial charge >= 0.3 is 5.97 Å². The van der Waals surface area contributed by atoms with Gasteiger partial charge in [-0.1, -0.05) is 6.07 Å². The van der Waals surface area contributed by atoms with E-state index in [1.54, 1.807) is 25.3 Å². The van der Waals surface area contributed by atoms with Gasteiger partial charge in [-0.25, -0.2) is 4.79 Å². The minimum atomic E-state index is -0.927. The number of carboxylic acids is 1. The summed E-state index contributed by atoms with van der Waals surface area (Å²) in [6, 6.07) is 8.74. The maximum absolute atomic E-state index is 10.8. The molecule has 0 amide bonds. The lowest BCUT2D eigenvalue weighted by molar-refractivity contribution is 0.0702. The highest BCUT2D eigenvalue weighted by Crippen LogP contribution is 2.38. The number of aromatic carboxylic acids is 1. The van der Waals surface area contributed by atoms with E-state index >= 15 is 0 Å². The Morgan fingerprint density at radius 2 is 2.06 bits per heavy atom. The lowest BCUT2D eigenvalue weighted by Gasteiger charge is -2.08. The van der Waals surface area contributed by atoms with Crippen LogP contribution in [0.1, 0.15) is 9.67 Å². The molecular formula is C12H12BrNO3S. The van der Waals surface area contributed by atoms with Crippen molar-refractivity contribution in [2.45, 2.75) is 0 Å². The van der Waals surface area contributed by atoms with Gasteiger partial charge in [-0.3, -0.25) is 0 Å². The van der Waals surface area contributed by atoms with Crippen molar-refractivity contribution in [2.75, 3.05) is 12.8 Å². The van der Waals surface area contributed by atoms with Gasteiger partial charge in [0.2, 0.25) is 0 Å². The SMILES string of the molecule is Br.COc1c(N)cccc1-c1ccc(C(=O)O)s1. The molecule has 0 saturated heterocycles. The molecule has 0 fully saturated rings. The fourth-order valence-electron chi connectivity index (χ4n) is 1.57. The number of carbonyl (C=O) groups is 1. The van der Waals surface area contributed by atoms with E-state index in [4.69, 9.17) is 15.6 Å². The monoisotopic (exact) mass is 329 g/mol. The number of hydrogen-bond donors (Lipinski definition) is 2. The Bertz CT molecular complexity index is 568. The first-order valence-corrected chi connectivity index (χ1v) is 5.71. The molecule has 0 spiro atoms. The topological polar surface area (TPSA) is 72.5 Å². The number of benzene rings is 1. The van der Waals surface area contributed by atoms with E-state index in [0.29, 0.717) is 16.3 Å². The number of nitrogens with two attached hydrogens (primary N) is 1. The molecule has 0 atom stereocenters.